The summed E-state index contributed by atoms with van der Waals surface area (Å²) in [5.41, 5.74) is 7.04. The quantitative estimate of drug-likeness (QED) is 0.875. The zero-order chi connectivity index (χ0) is 12.3. The van der Waals surface area contributed by atoms with Gasteiger partial charge in [-0.2, -0.15) is 8.78 Å². The molecule has 0 heterocycles. The maximum absolute atomic E-state index is 12.1. The molecule has 0 amide bonds. The first-order valence-electron chi connectivity index (χ1n) is 5.97. The predicted molar refractivity (Wildman–Crippen MR) is 62.0 cm³/mol. The van der Waals surface area contributed by atoms with Gasteiger partial charge in [0.25, 0.3) is 0 Å². The van der Waals surface area contributed by atoms with E-state index >= 15 is 0 Å². The van der Waals surface area contributed by atoms with Crippen LogP contribution >= 0.6 is 0 Å². The van der Waals surface area contributed by atoms with Crippen LogP contribution < -0.4 is 10.5 Å². The highest BCUT2D eigenvalue weighted by atomic mass is 19.3. The summed E-state index contributed by atoms with van der Waals surface area (Å²) < 4.78 is 28.6. The summed E-state index contributed by atoms with van der Waals surface area (Å²) in [7, 11) is 0. The molecule has 2 rings (SSSR count). The van der Waals surface area contributed by atoms with E-state index in [1.807, 2.05) is 6.07 Å². The van der Waals surface area contributed by atoms with Gasteiger partial charge >= 0.3 is 6.61 Å². The molecule has 0 spiro atoms. The van der Waals surface area contributed by atoms with E-state index in [1.165, 1.54) is 18.9 Å². The van der Waals surface area contributed by atoms with Crippen LogP contribution in [0.4, 0.5) is 8.78 Å². The smallest absolute Gasteiger partial charge is 0.387 e. The van der Waals surface area contributed by atoms with Gasteiger partial charge < -0.3 is 10.5 Å². The lowest BCUT2D eigenvalue weighted by Crippen LogP contribution is -2.19. The second-order valence-electron chi connectivity index (χ2n) is 4.52. The standard InChI is InChI=1S/C13H17F2NO/c14-13(15)17-11-7-3-6-10(8-11)12(16)9-4-1-2-5-9/h3,6-9,12-13H,1-2,4-5,16H2/t12-/m0/s1. The second-order valence-corrected chi connectivity index (χ2v) is 4.52. The van der Waals surface area contributed by atoms with Crippen LogP contribution in [0.25, 0.3) is 0 Å². The number of nitrogens with two attached hydrogens (primary N) is 1. The van der Waals surface area contributed by atoms with Crippen molar-refractivity contribution in [3.63, 3.8) is 0 Å². The zero-order valence-corrected chi connectivity index (χ0v) is 9.61. The fourth-order valence-corrected chi connectivity index (χ4v) is 2.49. The third-order valence-corrected chi connectivity index (χ3v) is 3.38. The lowest BCUT2D eigenvalue weighted by atomic mass is 9.92. The number of hydrogen-bond acceptors (Lipinski definition) is 2. The molecule has 1 aromatic rings. The minimum absolute atomic E-state index is 0.0706. The molecule has 1 fully saturated rings. The molecule has 1 aliphatic rings. The Morgan fingerprint density at radius 1 is 1.24 bits per heavy atom. The first-order chi connectivity index (χ1) is 8.16. The van der Waals surface area contributed by atoms with Crippen molar-refractivity contribution >= 4 is 0 Å². The molecule has 94 valence electrons. The lowest BCUT2D eigenvalue weighted by Gasteiger charge is -2.19. The fraction of sp³-hybridized carbons (Fsp3) is 0.538. The van der Waals surface area contributed by atoms with E-state index in [1.54, 1.807) is 12.1 Å². The van der Waals surface area contributed by atoms with Crippen molar-refractivity contribution in [3.05, 3.63) is 29.8 Å². The van der Waals surface area contributed by atoms with E-state index < -0.39 is 6.61 Å². The largest absolute Gasteiger partial charge is 0.435 e. The Kier molecular flexibility index (Phi) is 3.94. The third-order valence-electron chi connectivity index (χ3n) is 3.38. The molecule has 2 N–H and O–H groups in total. The van der Waals surface area contributed by atoms with Crippen LogP contribution in [0.1, 0.15) is 37.3 Å². The minimum Gasteiger partial charge on any atom is -0.435 e. The van der Waals surface area contributed by atoms with Gasteiger partial charge in [-0.05, 0) is 36.5 Å². The molecule has 0 unspecified atom stereocenters. The number of rotatable bonds is 4. The summed E-state index contributed by atoms with van der Waals surface area (Å²) in [4.78, 5) is 0. The van der Waals surface area contributed by atoms with E-state index in [9.17, 15) is 8.78 Å². The van der Waals surface area contributed by atoms with Crippen molar-refractivity contribution in [2.75, 3.05) is 0 Å². The Bertz CT molecular complexity index is 364. The number of halogens is 2. The molecule has 1 aliphatic carbocycles. The SMILES string of the molecule is N[C@H](c1cccc(OC(F)F)c1)C1CCCC1. The zero-order valence-electron chi connectivity index (χ0n) is 9.61. The molecule has 0 saturated heterocycles. The highest BCUT2D eigenvalue weighted by Crippen LogP contribution is 2.35. The van der Waals surface area contributed by atoms with Gasteiger partial charge in [-0.15, -0.1) is 0 Å². The van der Waals surface area contributed by atoms with Crippen LogP contribution in [0, 0.1) is 5.92 Å². The van der Waals surface area contributed by atoms with Crippen LogP contribution in [0.2, 0.25) is 0 Å². The summed E-state index contributed by atoms with van der Waals surface area (Å²) in [6.07, 6.45) is 4.68. The average molecular weight is 241 g/mol. The normalized spacial score (nSPS) is 18.6. The van der Waals surface area contributed by atoms with Gasteiger partial charge in [0, 0.05) is 6.04 Å². The molecular weight excluding hydrogens is 224 g/mol. The Hall–Kier alpha value is -1.16. The first-order valence-corrected chi connectivity index (χ1v) is 5.97. The average Bonchev–Trinajstić information content (AvgIpc) is 2.81. The fourth-order valence-electron chi connectivity index (χ4n) is 2.49. The summed E-state index contributed by atoms with van der Waals surface area (Å²) in [6, 6.07) is 6.66. The van der Waals surface area contributed by atoms with E-state index in [4.69, 9.17) is 5.73 Å². The monoisotopic (exact) mass is 241 g/mol. The molecule has 0 aromatic heterocycles. The highest BCUT2D eigenvalue weighted by Gasteiger charge is 2.23. The number of ether oxygens (including phenoxy) is 1. The molecule has 0 radical (unpaired) electrons. The van der Waals surface area contributed by atoms with Crippen molar-refractivity contribution in [3.8, 4) is 5.75 Å². The summed E-state index contributed by atoms with van der Waals surface area (Å²) in [5, 5.41) is 0. The van der Waals surface area contributed by atoms with Gasteiger partial charge in [-0.1, -0.05) is 25.0 Å². The van der Waals surface area contributed by atoms with Crippen molar-refractivity contribution in [2.45, 2.75) is 38.3 Å². The lowest BCUT2D eigenvalue weighted by molar-refractivity contribution is -0.0499. The number of hydrogen-bond donors (Lipinski definition) is 1. The third kappa shape index (κ3) is 3.16. The van der Waals surface area contributed by atoms with Gasteiger partial charge in [-0.25, -0.2) is 0 Å². The van der Waals surface area contributed by atoms with Crippen molar-refractivity contribution < 1.29 is 13.5 Å². The topological polar surface area (TPSA) is 35.2 Å². The first kappa shape index (κ1) is 12.3. The maximum Gasteiger partial charge on any atom is 0.387 e. The summed E-state index contributed by atoms with van der Waals surface area (Å²) in [5.74, 6) is 0.655. The van der Waals surface area contributed by atoms with E-state index in [2.05, 4.69) is 4.74 Å². The van der Waals surface area contributed by atoms with Gasteiger partial charge in [0.2, 0.25) is 0 Å². The highest BCUT2D eigenvalue weighted by molar-refractivity contribution is 5.30. The molecule has 4 heteroatoms. The van der Waals surface area contributed by atoms with Crippen LogP contribution in [-0.2, 0) is 0 Å². The molecule has 0 bridgehead atoms. The van der Waals surface area contributed by atoms with E-state index in [0.717, 1.165) is 18.4 Å². The molecule has 0 aliphatic heterocycles. The summed E-state index contributed by atoms with van der Waals surface area (Å²) >= 11 is 0. The molecule has 17 heavy (non-hydrogen) atoms. The number of alkyl halides is 2. The van der Waals surface area contributed by atoms with E-state index in [0.29, 0.717) is 5.92 Å². The van der Waals surface area contributed by atoms with Crippen LogP contribution in [0.3, 0.4) is 0 Å². The Morgan fingerprint density at radius 3 is 2.59 bits per heavy atom. The van der Waals surface area contributed by atoms with Crippen molar-refractivity contribution in [1.82, 2.24) is 0 Å². The summed E-state index contributed by atoms with van der Waals surface area (Å²) in [6.45, 7) is -2.78. The Balaban J connectivity index is 2.09. The Morgan fingerprint density at radius 2 is 1.94 bits per heavy atom. The van der Waals surface area contributed by atoms with E-state index in [-0.39, 0.29) is 11.8 Å². The second kappa shape index (κ2) is 5.45. The van der Waals surface area contributed by atoms with Crippen LogP contribution in [0.15, 0.2) is 24.3 Å². The molecule has 1 saturated carbocycles. The van der Waals surface area contributed by atoms with Gasteiger partial charge in [0.15, 0.2) is 0 Å². The predicted octanol–water partition coefficient (Wildman–Crippen LogP) is 3.48. The van der Waals surface area contributed by atoms with Gasteiger partial charge in [-0.3, -0.25) is 0 Å². The molecule has 1 atom stereocenters. The Labute approximate surface area is 99.8 Å². The molecule has 1 aromatic carbocycles. The van der Waals surface area contributed by atoms with Crippen molar-refractivity contribution in [2.24, 2.45) is 11.7 Å². The van der Waals surface area contributed by atoms with Crippen molar-refractivity contribution in [1.29, 1.82) is 0 Å². The van der Waals surface area contributed by atoms with Gasteiger partial charge in [0.1, 0.15) is 5.75 Å². The minimum atomic E-state index is -2.78. The molecular formula is C13H17F2NO. The van der Waals surface area contributed by atoms with Gasteiger partial charge in [0.05, 0.1) is 0 Å². The van der Waals surface area contributed by atoms with Crippen LogP contribution in [-0.4, -0.2) is 6.61 Å². The van der Waals surface area contributed by atoms with Crippen LogP contribution in [0.5, 0.6) is 5.75 Å². The number of benzene rings is 1. The molecule has 2 nitrogen and oxygen atoms in total. The maximum atomic E-state index is 12.1.